The highest BCUT2D eigenvalue weighted by Crippen LogP contribution is 2.33. The van der Waals surface area contributed by atoms with Crippen molar-refractivity contribution >= 4 is 18.0 Å². The topological polar surface area (TPSA) is 55.9 Å². The lowest BCUT2D eigenvalue weighted by atomic mass is 9.82. The number of hydrogen-bond donors (Lipinski definition) is 1. The zero-order valence-corrected chi connectivity index (χ0v) is 16.5. The van der Waals surface area contributed by atoms with Gasteiger partial charge in [0.15, 0.2) is 0 Å². The second-order valence-electron chi connectivity index (χ2n) is 8.18. The zero-order chi connectivity index (χ0) is 19.4. The molecule has 1 aliphatic carbocycles. The summed E-state index contributed by atoms with van der Waals surface area (Å²) in [6.45, 7) is 5.00. The third-order valence-corrected chi connectivity index (χ3v) is 6.23. The molecular weight excluding hydrogens is 352 g/mol. The minimum Gasteiger partial charge on any atom is -0.323 e. The molecule has 6 nitrogen and oxygen atoms in total. The summed E-state index contributed by atoms with van der Waals surface area (Å²) in [6.07, 6.45) is 9.14. The highest BCUT2D eigenvalue weighted by molar-refractivity contribution is 6.07. The summed E-state index contributed by atoms with van der Waals surface area (Å²) >= 11 is 0. The number of nitrogens with one attached hydrogen (secondary N) is 1. The van der Waals surface area contributed by atoms with E-state index in [2.05, 4.69) is 39.4 Å². The van der Waals surface area contributed by atoms with E-state index in [0.29, 0.717) is 6.67 Å². The Labute approximate surface area is 167 Å². The Morgan fingerprint density at radius 3 is 2.32 bits per heavy atom. The SMILES string of the molecule is O=C1NC2(CCCCC2)C(=O)N1CN1CCN(CC=Cc2ccccc2)CC1. The fourth-order valence-corrected chi connectivity index (χ4v) is 4.51. The molecule has 0 unspecified atom stereocenters. The van der Waals surface area contributed by atoms with Crippen LogP contribution in [0.2, 0.25) is 0 Å². The molecule has 150 valence electrons. The number of rotatable bonds is 5. The minimum atomic E-state index is -0.612. The first-order valence-electron chi connectivity index (χ1n) is 10.5. The van der Waals surface area contributed by atoms with E-state index in [9.17, 15) is 9.59 Å². The predicted octanol–water partition coefficient (Wildman–Crippen LogP) is 2.53. The molecule has 3 fully saturated rings. The van der Waals surface area contributed by atoms with Gasteiger partial charge in [0.25, 0.3) is 5.91 Å². The second kappa shape index (κ2) is 8.45. The quantitative estimate of drug-likeness (QED) is 0.795. The van der Waals surface area contributed by atoms with Gasteiger partial charge in [0, 0.05) is 32.7 Å². The van der Waals surface area contributed by atoms with Crippen molar-refractivity contribution in [2.24, 2.45) is 0 Å². The monoisotopic (exact) mass is 382 g/mol. The van der Waals surface area contributed by atoms with Gasteiger partial charge in [0.05, 0.1) is 6.67 Å². The number of nitrogens with zero attached hydrogens (tertiary/aromatic N) is 3. The summed E-state index contributed by atoms with van der Waals surface area (Å²) in [5.74, 6) is -0.00887. The summed E-state index contributed by atoms with van der Waals surface area (Å²) in [7, 11) is 0. The molecular formula is C22H30N4O2. The Morgan fingerprint density at radius 2 is 1.61 bits per heavy atom. The average molecular weight is 383 g/mol. The van der Waals surface area contributed by atoms with Gasteiger partial charge >= 0.3 is 6.03 Å². The molecule has 1 N–H and O–H groups in total. The maximum Gasteiger partial charge on any atom is 0.326 e. The Bertz CT molecular complexity index is 719. The van der Waals surface area contributed by atoms with Gasteiger partial charge in [0.2, 0.25) is 0 Å². The normalized spacial score (nSPS) is 23.6. The molecule has 1 aromatic carbocycles. The number of amides is 3. The highest BCUT2D eigenvalue weighted by atomic mass is 16.2. The molecule has 6 heteroatoms. The maximum atomic E-state index is 12.9. The van der Waals surface area contributed by atoms with Crippen molar-refractivity contribution in [3.63, 3.8) is 0 Å². The van der Waals surface area contributed by atoms with E-state index < -0.39 is 5.54 Å². The van der Waals surface area contributed by atoms with Gasteiger partial charge in [0.1, 0.15) is 5.54 Å². The number of benzene rings is 1. The Morgan fingerprint density at radius 1 is 0.929 bits per heavy atom. The molecule has 0 atom stereocenters. The first-order chi connectivity index (χ1) is 13.7. The van der Waals surface area contributed by atoms with Crippen LogP contribution in [0.1, 0.15) is 37.7 Å². The van der Waals surface area contributed by atoms with Crippen molar-refractivity contribution in [1.29, 1.82) is 0 Å². The van der Waals surface area contributed by atoms with Gasteiger partial charge in [-0.3, -0.25) is 14.6 Å². The standard InChI is InChI=1S/C22H30N4O2/c27-20-22(11-5-2-6-12-22)23-21(28)26(20)18-25-16-14-24(15-17-25)13-7-10-19-8-3-1-4-9-19/h1,3-4,7-10H,2,5-6,11-18H2,(H,23,28). The number of hydrogen-bond acceptors (Lipinski definition) is 4. The van der Waals surface area contributed by atoms with E-state index in [1.165, 1.54) is 10.5 Å². The van der Waals surface area contributed by atoms with Crippen molar-refractivity contribution in [3.05, 3.63) is 42.0 Å². The van der Waals surface area contributed by atoms with Crippen LogP contribution in [0.15, 0.2) is 36.4 Å². The lowest BCUT2D eigenvalue weighted by molar-refractivity contribution is -0.134. The Hall–Kier alpha value is -2.18. The molecule has 2 aliphatic heterocycles. The van der Waals surface area contributed by atoms with Gasteiger partial charge < -0.3 is 5.32 Å². The second-order valence-corrected chi connectivity index (χ2v) is 8.18. The van der Waals surface area contributed by atoms with E-state index in [1.807, 2.05) is 18.2 Å². The molecule has 0 radical (unpaired) electrons. The van der Waals surface area contributed by atoms with Crippen LogP contribution in [0.4, 0.5) is 4.79 Å². The molecule has 2 heterocycles. The van der Waals surface area contributed by atoms with Crippen molar-refractivity contribution in [2.75, 3.05) is 39.4 Å². The lowest BCUT2D eigenvalue weighted by Gasteiger charge is -2.36. The molecule has 3 amide bonds. The molecule has 1 saturated carbocycles. The van der Waals surface area contributed by atoms with Gasteiger partial charge in [-0.1, -0.05) is 61.7 Å². The van der Waals surface area contributed by atoms with E-state index in [1.54, 1.807) is 0 Å². The molecule has 2 saturated heterocycles. The number of piperazine rings is 1. The van der Waals surface area contributed by atoms with Gasteiger partial charge in [-0.25, -0.2) is 9.69 Å². The zero-order valence-electron chi connectivity index (χ0n) is 16.5. The van der Waals surface area contributed by atoms with Crippen LogP contribution in [-0.4, -0.2) is 71.6 Å². The third-order valence-electron chi connectivity index (χ3n) is 6.23. The minimum absolute atomic E-state index is 0.00887. The van der Waals surface area contributed by atoms with Gasteiger partial charge in [-0.05, 0) is 18.4 Å². The van der Waals surface area contributed by atoms with E-state index >= 15 is 0 Å². The summed E-state index contributed by atoms with van der Waals surface area (Å²) in [5, 5.41) is 3.00. The average Bonchev–Trinajstić information content (AvgIpc) is 2.94. The van der Waals surface area contributed by atoms with Crippen molar-refractivity contribution in [3.8, 4) is 0 Å². The third kappa shape index (κ3) is 4.13. The van der Waals surface area contributed by atoms with Crippen molar-refractivity contribution < 1.29 is 9.59 Å². The van der Waals surface area contributed by atoms with Gasteiger partial charge in [-0.2, -0.15) is 0 Å². The summed E-state index contributed by atoms with van der Waals surface area (Å²) in [6, 6.07) is 10.1. The van der Waals surface area contributed by atoms with E-state index in [-0.39, 0.29) is 11.9 Å². The Kier molecular flexibility index (Phi) is 5.78. The van der Waals surface area contributed by atoms with Crippen LogP contribution in [0.3, 0.4) is 0 Å². The van der Waals surface area contributed by atoms with Crippen LogP contribution >= 0.6 is 0 Å². The van der Waals surface area contributed by atoms with Crippen LogP contribution in [0.25, 0.3) is 6.08 Å². The smallest absolute Gasteiger partial charge is 0.323 e. The van der Waals surface area contributed by atoms with Gasteiger partial charge in [-0.15, -0.1) is 0 Å². The lowest BCUT2D eigenvalue weighted by Crippen LogP contribution is -2.52. The van der Waals surface area contributed by atoms with E-state index in [4.69, 9.17) is 0 Å². The highest BCUT2D eigenvalue weighted by Gasteiger charge is 2.51. The first-order valence-corrected chi connectivity index (χ1v) is 10.5. The summed E-state index contributed by atoms with van der Waals surface area (Å²) in [5.41, 5.74) is 0.607. The molecule has 3 aliphatic rings. The number of imide groups is 1. The van der Waals surface area contributed by atoms with Crippen molar-refractivity contribution in [1.82, 2.24) is 20.0 Å². The first kappa shape index (κ1) is 19.2. The number of carbonyl (C=O) groups is 2. The van der Waals surface area contributed by atoms with Crippen molar-refractivity contribution in [2.45, 2.75) is 37.6 Å². The fraction of sp³-hybridized carbons (Fsp3) is 0.545. The molecule has 0 bridgehead atoms. The van der Waals surface area contributed by atoms with Crippen LogP contribution < -0.4 is 5.32 Å². The van der Waals surface area contributed by atoms with E-state index in [0.717, 1.165) is 64.8 Å². The molecule has 0 aromatic heterocycles. The number of carbonyl (C=O) groups excluding carboxylic acids is 2. The molecule has 28 heavy (non-hydrogen) atoms. The molecule has 4 rings (SSSR count). The largest absolute Gasteiger partial charge is 0.326 e. The summed E-state index contributed by atoms with van der Waals surface area (Å²) in [4.78, 5) is 31.4. The maximum absolute atomic E-state index is 12.9. The molecule has 1 spiro atoms. The molecule has 1 aromatic rings. The van der Waals surface area contributed by atoms with Crippen LogP contribution in [0.5, 0.6) is 0 Å². The Balaban J connectivity index is 1.25. The predicted molar refractivity (Wildman–Crippen MR) is 110 cm³/mol. The van der Waals surface area contributed by atoms with Crippen LogP contribution in [0, 0.1) is 0 Å². The fourth-order valence-electron chi connectivity index (χ4n) is 4.51. The van der Waals surface area contributed by atoms with Crippen LogP contribution in [-0.2, 0) is 4.79 Å². The summed E-state index contributed by atoms with van der Waals surface area (Å²) < 4.78 is 0. The number of urea groups is 1.